The fourth-order valence-electron chi connectivity index (χ4n) is 7.23. The summed E-state index contributed by atoms with van der Waals surface area (Å²) in [7, 11) is 0. The standard InChI is InChI=1S/C46H30S/c1-2-8-31(9-3-1)37-27-29(25-35-19-18-34-17-16-32-10-6-11-33-20-22-39(35)45(34)44(32)33)24-30(28-37)26-36-21-23-43-46-38(36)13-7-14-41(46)40-12-4-5-15-42(40)47-43/h1-24,27-28H,25-26H2/i6D,10D,11D,16D,17D,18D,19D,20D,22D. The van der Waals surface area contributed by atoms with E-state index in [1.54, 1.807) is 11.8 Å². The molecule has 9 aromatic carbocycles. The average molecular weight is 624 g/mol. The van der Waals surface area contributed by atoms with Gasteiger partial charge in [-0.2, -0.15) is 0 Å². The minimum Gasteiger partial charge on any atom is -0.0888 e. The van der Waals surface area contributed by atoms with Crippen molar-refractivity contribution >= 4 is 54.9 Å². The molecule has 0 N–H and O–H groups in total. The van der Waals surface area contributed by atoms with E-state index in [-0.39, 0.29) is 75.0 Å². The van der Waals surface area contributed by atoms with E-state index in [1.165, 1.54) is 37.3 Å². The highest BCUT2D eigenvalue weighted by Crippen LogP contribution is 2.48. The molecule has 0 fully saturated rings. The van der Waals surface area contributed by atoms with Gasteiger partial charge >= 0.3 is 0 Å². The molecule has 1 heteroatoms. The maximum absolute atomic E-state index is 9.29. The lowest BCUT2D eigenvalue weighted by atomic mass is 9.88. The Labute approximate surface area is 291 Å². The van der Waals surface area contributed by atoms with Gasteiger partial charge in [-0.25, -0.2) is 0 Å². The van der Waals surface area contributed by atoms with E-state index in [9.17, 15) is 2.74 Å². The number of benzene rings is 9. The third-order valence-electron chi connectivity index (χ3n) is 9.32. The van der Waals surface area contributed by atoms with Crippen LogP contribution in [0.25, 0.3) is 65.3 Å². The summed E-state index contributed by atoms with van der Waals surface area (Å²) in [6.45, 7) is 0. The SMILES string of the molecule is [2H]c1c([2H])c2c([2H])c([2H])c3c([2H])c([2H])c(Cc4cc(Cc5ccc6c7c(cccc57)-c5ccccc5S6)cc(-c5ccccc5)c4)c4c([2H])c([2H])c(c1[2H])c2c34. The van der Waals surface area contributed by atoms with E-state index in [4.69, 9.17) is 9.60 Å². The van der Waals surface area contributed by atoms with Crippen LogP contribution < -0.4 is 0 Å². The van der Waals surface area contributed by atoms with Crippen molar-refractivity contribution in [3.8, 4) is 22.3 Å². The number of hydrogen-bond donors (Lipinski definition) is 0. The van der Waals surface area contributed by atoms with Gasteiger partial charge in [-0.15, -0.1) is 0 Å². The first-order valence-corrected chi connectivity index (χ1v) is 16.5. The molecule has 0 saturated heterocycles. The quantitative estimate of drug-likeness (QED) is 0.172. The number of fused-ring (bicyclic) bond motifs is 2. The summed E-state index contributed by atoms with van der Waals surface area (Å²) in [5, 5.41) is 2.94. The first kappa shape index (κ1) is 19.3. The van der Waals surface area contributed by atoms with Gasteiger partial charge in [0.1, 0.15) is 0 Å². The first-order valence-electron chi connectivity index (χ1n) is 20.2. The Balaban J connectivity index is 1.19. The summed E-state index contributed by atoms with van der Waals surface area (Å²) in [5.74, 6) is 0. The third kappa shape index (κ3) is 4.38. The molecule has 0 unspecified atom stereocenters. The Hall–Kier alpha value is -5.37. The Kier molecular flexibility index (Phi) is 4.35. The molecule has 0 amide bonds. The van der Waals surface area contributed by atoms with E-state index in [1.807, 2.05) is 30.3 Å². The van der Waals surface area contributed by atoms with E-state index >= 15 is 0 Å². The third-order valence-corrected chi connectivity index (χ3v) is 10.5. The van der Waals surface area contributed by atoms with E-state index < -0.39 is 18.1 Å². The van der Waals surface area contributed by atoms with Gasteiger partial charge in [-0.05, 0) is 107 Å². The highest BCUT2D eigenvalue weighted by atomic mass is 32.2. The van der Waals surface area contributed by atoms with Gasteiger partial charge in [0.05, 0.1) is 12.3 Å². The molecule has 1 aliphatic heterocycles. The van der Waals surface area contributed by atoms with Crippen LogP contribution in [0.4, 0.5) is 0 Å². The molecular formula is C46H30S. The largest absolute Gasteiger partial charge is 0.0888 e. The van der Waals surface area contributed by atoms with Crippen LogP contribution in [-0.4, -0.2) is 0 Å². The van der Waals surface area contributed by atoms with Crippen molar-refractivity contribution in [2.75, 3.05) is 0 Å². The van der Waals surface area contributed by atoms with Gasteiger partial charge in [0.25, 0.3) is 0 Å². The minimum atomic E-state index is -0.478. The van der Waals surface area contributed by atoms with Crippen LogP contribution in [0, 0.1) is 0 Å². The second kappa shape index (κ2) is 10.6. The van der Waals surface area contributed by atoms with E-state index in [0.29, 0.717) is 12.0 Å². The second-order valence-electron chi connectivity index (χ2n) is 12.2. The molecule has 9 aromatic rings. The van der Waals surface area contributed by atoms with E-state index in [0.717, 1.165) is 22.3 Å². The Bertz CT molecular complexity index is 3130. The molecule has 0 spiro atoms. The average Bonchev–Trinajstić information content (AvgIpc) is 3.21. The van der Waals surface area contributed by atoms with Gasteiger partial charge in [0, 0.05) is 15.2 Å². The van der Waals surface area contributed by atoms with Crippen molar-refractivity contribution < 1.29 is 12.3 Å². The maximum atomic E-state index is 9.29. The predicted molar refractivity (Wildman–Crippen MR) is 201 cm³/mol. The first-order chi connectivity index (χ1) is 27.0. The summed E-state index contributed by atoms with van der Waals surface area (Å²) >= 11 is 1.79. The molecule has 220 valence electrons. The summed E-state index contributed by atoms with van der Waals surface area (Å²) < 4.78 is 80.3. The molecule has 47 heavy (non-hydrogen) atoms. The van der Waals surface area contributed by atoms with Crippen molar-refractivity contribution in [1.29, 1.82) is 0 Å². The lowest BCUT2D eigenvalue weighted by Crippen LogP contribution is -1.98. The zero-order valence-electron chi connectivity index (χ0n) is 34.1. The maximum Gasteiger partial charge on any atom is 0.0630 e. The Morgan fingerprint density at radius 3 is 2.00 bits per heavy atom. The van der Waals surface area contributed by atoms with Crippen LogP contribution in [0.2, 0.25) is 0 Å². The van der Waals surface area contributed by atoms with Crippen LogP contribution in [0.15, 0.2) is 167 Å². The van der Waals surface area contributed by atoms with Crippen molar-refractivity contribution in [3.63, 3.8) is 0 Å². The molecule has 0 aromatic heterocycles. The molecule has 0 aliphatic carbocycles. The lowest BCUT2D eigenvalue weighted by molar-refractivity contribution is 1.15. The van der Waals surface area contributed by atoms with Crippen LogP contribution in [0.5, 0.6) is 0 Å². The van der Waals surface area contributed by atoms with Gasteiger partial charge in [-0.1, -0.05) is 157 Å². The lowest BCUT2D eigenvalue weighted by Gasteiger charge is -2.21. The van der Waals surface area contributed by atoms with Crippen LogP contribution >= 0.6 is 11.8 Å². The van der Waals surface area contributed by atoms with Crippen molar-refractivity contribution in [3.05, 3.63) is 180 Å². The number of rotatable bonds is 5. The van der Waals surface area contributed by atoms with Gasteiger partial charge in [0.15, 0.2) is 0 Å². The molecule has 1 heterocycles. The topological polar surface area (TPSA) is 0 Å². The summed E-state index contributed by atoms with van der Waals surface area (Å²) in [6, 6.07) is 32.7. The molecule has 1 aliphatic rings. The fourth-order valence-corrected chi connectivity index (χ4v) is 8.36. The van der Waals surface area contributed by atoms with Gasteiger partial charge in [-0.3, -0.25) is 0 Å². The predicted octanol–water partition coefficient (Wildman–Crippen LogP) is 12.7. The molecular weight excluding hydrogens is 585 g/mol. The van der Waals surface area contributed by atoms with Gasteiger partial charge in [0.2, 0.25) is 0 Å². The zero-order chi connectivity index (χ0) is 38.7. The molecule has 0 nitrogen and oxygen atoms in total. The molecule has 0 atom stereocenters. The molecule has 10 rings (SSSR count). The van der Waals surface area contributed by atoms with Crippen molar-refractivity contribution in [1.82, 2.24) is 0 Å². The zero-order valence-corrected chi connectivity index (χ0v) is 26.0. The fraction of sp³-hybridized carbons (Fsp3) is 0.0435. The van der Waals surface area contributed by atoms with Crippen LogP contribution in [-0.2, 0) is 12.8 Å². The summed E-state index contributed by atoms with van der Waals surface area (Å²) in [4.78, 5) is 2.47. The summed E-state index contributed by atoms with van der Waals surface area (Å²) in [5.41, 5.74) is 7.82. The van der Waals surface area contributed by atoms with Crippen LogP contribution in [0.1, 0.15) is 34.6 Å². The van der Waals surface area contributed by atoms with Crippen molar-refractivity contribution in [2.24, 2.45) is 0 Å². The normalized spacial score (nSPS) is 15.0. The minimum absolute atomic E-state index is 0.0105. The summed E-state index contributed by atoms with van der Waals surface area (Å²) in [6.07, 6.45) is 0.764. The van der Waals surface area contributed by atoms with Crippen molar-refractivity contribution in [2.45, 2.75) is 22.6 Å². The van der Waals surface area contributed by atoms with E-state index in [2.05, 4.69) is 72.8 Å². The molecule has 0 radical (unpaired) electrons. The highest BCUT2D eigenvalue weighted by molar-refractivity contribution is 7.99. The smallest absolute Gasteiger partial charge is 0.0630 e. The monoisotopic (exact) mass is 623 g/mol. The Morgan fingerprint density at radius 2 is 1.15 bits per heavy atom. The van der Waals surface area contributed by atoms with Crippen LogP contribution in [0.3, 0.4) is 0 Å². The molecule has 0 saturated carbocycles. The van der Waals surface area contributed by atoms with Gasteiger partial charge < -0.3 is 0 Å². The highest BCUT2D eigenvalue weighted by Gasteiger charge is 2.20. The number of hydrogen-bond acceptors (Lipinski definition) is 1. The Morgan fingerprint density at radius 1 is 0.447 bits per heavy atom. The second-order valence-corrected chi connectivity index (χ2v) is 13.2. The molecule has 0 bridgehead atoms.